The maximum Gasteiger partial charge on any atom is 0.356 e. The van der Waals surface area contributed by atoms with Gasteiger partial charge >= 0.3 is 5.97 Å². The van der Waals surface area contributed by atoms with Gasteiger partial charge in [-0.15, -0.1) is 0 Å². The van der Waals surface area contributed by atoms with Crippen molar-refractivity contribution in [3.05, 3.63) is 315 Å². The van der Waals surface area contributed by atoms with Crippen LogP contribution >= 0.6 is 128 Å². The second-order valence-corrected chi connectivity index (χ2v) is 28.7. The number of para-hydroxylation sites is 2. The number of carbonyl (C=O) groups excluding carboxylic acids is 3. The molecule has 112 heavy (non-hydrogen) atoms. The molecule has 0 fully saturated rings. The van der Waals surface area contributed by atoms with Crippen LogP contribution in [0.15, 0.2) is 188 Å². The van der Waals surface area contributed by atoms with E-state index in [1.165, 1.54) is 66.7 Å². The third-order valence-corrected chi connectivity index (χ3v) is 19.3. The van der Waals surface area contributed by atoms with Crippen molar-refractivity contribution < 1.29 is 23.9 Å². The minimum absolute atomic E-state index is 0.0848. The lowest BCUT2D eigenvalue weighted by Crippen LogP contribution is -2.16. The first-order valence-electron chi connectivity index (χ1n) is 33.4. The molecule has 2 amide bonds. The number of hydrogen-bond donors (Lipinski definition) is 9. The van der Waals surface area contributed by atoms with E-state index in [2.05, 4.69) is 46.8 Å². The van der Waals surface area contributed by atoms with Crippen LogP contribution in [-0.2, 0) is 9.53 Å². The van der Waals surface area contributed by atoms with Crippen LogP contribution in [0.4, 0.5) is 34.5 Å². The number of aryl methyl sites for hydroxylation is 1. The largest absolute Gasteiger partial charge is 0.478 e. The minimum Gasteiger partial charge on any atom is -0.478 e. The average molecular weight is 1740 g/mol. The Morgan fingerprint density at radius 3 is 1.28 bits per heavy atom. The quantitative estimate of drug-likeness (QED) is 0.0408. The summed E-state index contributed by atoms with van der Waals surface area (Å²) in [5.41, 5.74) is 6.83. The van der Waals surface area contributed by atoms with E-state index in [1.54, 1.807) is 102 Å². The molecule has 0 bridgehead atoms. The van der Waals surface area contributed by atoms with Crippen molar-refractivity contribution in [2.24, 2.45) is 0 Å². The van der Waals surface area contributed by atoms with E-state index in [0.717, 1.165) is 16.9 Å². The lowest BCUT2D eigenvalue weighted by molar-refractivity contribution is -0.114. The maximum absolute atomic E-state index is 12.7. The number of H-pyrrole nitrogens is 5. The molecule has 0 aliphatic carbocycles. The van der Waals surface area contributed by atoms with Gasteiger partial charge in [0.05, 0.1) is 98.4 Å². The van der Waals surface area contributed by atoms with Crippen molar-refractivity contribution in [2.45, 2.75) is 62.3 Å². The molecule has 0 unspecified atom stereocenters. The topological polar surface area (TPSA) is 307 Å². The van der Waals surface area contributed by atoms with Crippen LogP contribution < -0.4 is 53.8 Å². The van der Waals surface area contributed by atoms with E-state index in [9.17, 15) is 38.4 Å². The van der Waals surface area contributed by atoms with Crippen molar-refractivity contribution in [2.75, 3.05) is 34.5 Å². The summed E-state index contributed by atoms with van der Waals surface area (Å²) in [6, 6.07) is 46.9. The highest BCUT2D eigenvalue weighted by Gasteiger charge is 2.24. The van der Waals surface area contributed by atoms with Crippen molar-refractivity contribution in [1.82, 2.24) is 48.9 Å². The molecule has 5 heterocycles. The Kier molecular flexibility index (Phi) is 29.4. The van der Waals surface area contributed by atoms with Gasteiger partial charge in [0.15, 0.2) is 0 Å². The average Bonchev–Trinajstić information content (AvgIpc) is 1.62. The number of ether oxygens (including phenoxy) is 2. The van der Waals surface area contributed by atoms with Crippen LogP contribution in [0.2, 0.25) is 55.2 Å². The Balaban J connectivity index is 0.000000162. The SMILES string of the molecule is CC(=O)Nc1ccc(Cl)c(Nc2[nH]n(-c3c(Cl)cc(Cl)cc3Cl)c(=O)c2C)c1.CCOC(=O)c1[nH]n(-c2ccccc2)c(=O)c1C.CCOc1[nH]n(-c2c(Cl)cc(Cl)cc2Cl)c(=O)c1C.Cc1c(NC(=O)c2ccccc2)[nH]n(-c2c(Cl)cc(Cl)cc2Cl)c1=O.Cc1ccc(-n2[nH]c(Nc3ccccc3Cl)c(C)c2=O)cc1. The van der Waals surface area contributed by atoms with Gasteiger partial charge in [-0.1, -0.05) is 194 Å². The molecule has 0 radical (unpaired) electrons. The number of carbonyl (C=O) groups is 3. The van der Waals surface area contributed by atoms with Gasteiger partial charge in [0.25, 0.3) is 33.7 Å². The zero-order valence-corrected chi connectivity index (χ0v) is 68.8. The number of nitrogens with zero attached hydrogens (tertiary/aromatic N) is 5. The minimum atomic E-state index is -0.512. The number of amides is 2. The van der Waals surface area contributed by atoms with Gasteiger partial charge in [-0.3, -0.25) is 59.1 Å². The molecule has 0 aliphatic heterocycles. The van der Waals surface area contributed by atoms with Gasteiger partial charge < -0.3 is 30.7 Å². The molecule has 35 heteroatoms. The number of nitrogens with one attached hydrogen (secondary N) is 9. The molecule has 24 nitrogen and oxygen atoms in total. The second-order valence-electron chi connectivity index (χ2n) is 24.1. The van der Waals surface area contributed by atoms with Gasteiger partial charge in [-0.25, -0.2) is 28.2 Å². The molecular weight excluding hydrogens is 1670 g/mol. The summed E-state index contributed by atoms with van der Waals surface area (Å²) >= 11 is 67.0. The maximum atomic E-state index is 12.7. The fraction of sp³-hybridized carbons (Fsp3) is 0.143. The van der Waals surface area contributed by atoms with Crippen LogP contribution in [0.25, 0.3) is 28.4 Å². The first-order chi connectivity index (χ1) is 53.2. The highest BCUT2D eigenvalue weighted by atomic mass is 35.5. The van der Waals surface area contributed by atoms with Crippen molar-refractivity contribution in [3.63, 3.8) is 0 Å². The van der Waals surface area contributed by atoms with Crippen molar-refractivity contribution in [1.29, 1.82) is 0 Å². The first kappa shape index (κ1) is 85.8. The van der Waals surface area contributed by atoms with Crippen LogP contribution in [0.3, 0.4) is 0 Å². The predicted molar refractivity (Wildman–Crippen MR) is 451 cm³/mol. The number of rotatable bonds is 16. The van der Waals surface area contributed by atoms with Gasteiger partial charge in [0.1, 0.15) is 40.2 Å². The Labute approximate surface area is 693 Å². The highest BCUT2D eigenvalue weighted by Crippen LogP contribution is 2.36. The number of benzene rings is 8. The molecule has 0 aliphatic rings. The summed E-state index contributed by atoms with van der Waals surface area (Å²) in [7, 11) is 0. The lowest BCUT2D eigenvalue weighted by Gasteiger charge is -2.11. The summed E-state index contributed by atoms with van der Waals surface area (Å²) in [4.78, 5) is 97.0. The highest BCUT2D eigenvalue weighted by molar-refractivity contribution is 6.42. The predicted octanol–water partition coefficient (Wildman–Crippen LogP) is 20.1. The van der Waals surface area contributed by atoms with Crippen LogP contribution in [-0.4, -0.2) is 79.9 Å². The van der Waals surface area contributed by atoms with Gasteiger partial charge in [0.2, 0.25) is 11.8 Å². The molecule has 8 aromatic carbocycles. The van der Waals surface area contributed by atoms with Crippen molar-refractivity contribution in [3.8, 4) is 34.3 Å². The van der Waals surface area contributed by atoms with Gasteiger partial charge in [0, 0.05) is 38.8 Å². The second kappa shape index (κ2) is 38.4. The number of esters is 1. The van der Waals surface area contributed by atoms with E-state index in [-0.39, 0.29) is 99.2 Å². The van der Waals surface area contributed by atoms with Crippen LogP contribution in [0.5, 0.6) is 5.88 Å². The number of hydrogen-bond acceptors (Lipinski definition) is 12. The Morgan fingerprint density at radius 1 is 0.384 bits per heavy atom. The van der Waals surface area contributed by atoms with E-state index in [0.29, 0.717) is 105 Å². The summed E-state index contributed by atoms with van der Waals surface area (Å²) in [5, 5.41) is 29.6. The fourth-order valence-electron chi connectivity index (χ4n) is 10.5. The van der Waals surface area contributed by atoms with E-state index >= 15 is 0 Å². The number of anilines is 6. The van der Waals surface area contributed by atoms with E-state index in [4.69, 9.17) is 137 Å². The number of aromatic amines is 5. The number of aromatic nitrogens is 10. The summed E-state index contributed by atoms with van der Waals surface area (Å²) in [6.45, 7) is 16.0. The molecule has 13 rings (SSSR count). The van der Waals surface area contributed by atoms with E-state index in [1.807, 2.05) is 80.6 Å². The lowest BCUT2D eigenvalue weighted by atomic mass is 10.2. The van der Waals surface area contributed by atoms with Crippen LogP contribution in [0.1, 0.15) is 75.0 Å². The number of halogens is 11. The monoisotopic (exact) mass is 1730 g/mol. The fourth-order valence-corrected chi connectivity index (χ4v) is 13.8. The standard InChI is InChI=1S/C18H14Cl4N4O2.C17H12Cl3N3O2.C17H16ClN3O.C13H14N2O3.C12H11Cl3N2O2/c1-8-17(24-15-7-11(23-9(2)27)3-4-12(15)20)25-26(18(8)28)16-13(21)5-10(19)6-14(16)22;1-9-15(21-16(24)10-5-3-2-4-6-10)22-23(17(9)25)14-12(19)7-11(18)8-13(14)20;1-11-7-9-13(10-8-11)21-17(22)12(2)16(20-21)19-15-6-4-3-5-14(15)18;1-3-18-13(17)11-9(2)12(16)15(14-11)10-7-5-4-6-8-10;1-3-19-11-6(2)12(18)17(16-11)10-8(14)4-7(13)5-9(10)15/h3-7,24-25H,1-2H3,(H,23,27);2-8,22H,1H3,(H,21,24);3-10,19-20H,1-2H3;4-8,14H,3H2,1-2H3;4-5,16H,3H2,1-2H3. The molecule has 13 aromatic rings. The molecular formula is C77H67Cl11N14O10. The zero-order chi connectivity index (χ0) is 81.7. The molecule has 582 valence electrons. The zero-order valence-electron chi connectivity index (χ0n) is 60.5. The first-order valence-corrected chi connectivity index (χ1v) is 37.5. The third-order valence-electron chi connectivity index (χ3n) is 16.2. The molecule has 5 aromatic heterocycles. The third kappa shape index (κ3) is 20.5. The smallest absolute Gasteiger partial charge is 0.356 e. The van der Waals surface area contributed by atoms with Crippen molar-refractivity contribution >= 4 is 180 Å². The Morgan fingerprint density at radius 2 is 0.786 bits per heavy atom. The Bertz CT molecular complexity index is 5890. The van der Waals surface area contributed by atoms with Gasteiger partial charge in [-0.2, -0.15) is 0 Å². The van der Waals surface area contributed by atoms with Crippen LogP contribution in [0, 0.1) is 41.5 Å². The normalized spacial score (nSPS) is 10.7. The molecule has 9 N–H and O–H groups in total. The summed E-state index contributed by atoms with van der Waals surface area (Å²) in [5.74, 6) is 0.631. The Hall–Kier alpha value is -10.2. The van der Waals surface area contributed by atoms with E-state index < -0.39 is 5.97 Å². The summed E-state index contributed by atoms with van der Waals surface area (Å²) < 4.78 is 16.7. The molecule has 0 spiro atoms. The van der Waals surface area contributed by atoms with Gasteiger partial charge in [-0.05, 0) is 159 Å². The molecule has 0 saturated carbocycles. The molecule has 0 saturated heterocycles. The molecule has 0 atom stereocenters. The summed E-state index contributed by atoms with van der Waals surface area (Å²) in [6.07, 6.45) is 0.